The third-order valence-electron chi connectivity index (χ3n) is 3.68. The van der Waals surface area contributed by atoms with Gasteiger partial charge in [-0.3, -0.25) is 0 Å². The van der Waals surface area contributed by atoms with Gasteiger partial charge in [-0.15, -0.1) is 0 Å². The second-order valence-corrected chi connectivity index (χ2v) is 5.02. The normalized spacial score (nSPS) is 27.2. The van der Waals surface area contributed by atoms with Gasteiger partial charge in [0.25, 0.3) is 0 Å². The van der Waals surface area contributed by atoms with Crippen LogP contribution >= 0.6 is 0 Å². The maximum absolute atomic E-state index is 5.06. The molecule has 0 spiro atoms. The number of rotatable bonds is 7. The van der Waals surface area contributed by atoms with Gasteiger partial charge in [-0.05, 0) is 51.7 Å². The second-order valence-electron chi connectivity index (χ2n) is 5.02. The average molecular weight is 228 g/mol. The van der Waals surface area contributed by atoms with Crippen LogP contribution in [0, 0.1) is 5.92 Å². The Morgan fingerprint density at radius 2 is 2.12 bits per heavy atom. The summed E-state index contributed by atoms with van der Waals surface area (Å²) in [6, 6.07) is 0.727. The molecule has 16 heavy (non-hydrogen) atoms. The van der Waals surface area contributed by atoms with E-state index >= 15 is 0 Å². The fourth-order valence-corrected chi connectivity index (χ4v) is 2.62. The van der Waals surface area contributed by atoms with Gasteiger partial charge in [-0.2, -0.15) is 0 Å². The predicted octanol–water partition coefficient (Wildman–Crippen LogP) is 1.73. The zero-order valence-corrected chi connectivity index (χ0v) is 11.2. The summed E-state index contributed by atoms with van der Waals surface area (Å²) >= 11 is 0. The minimum Gasteiger partial charge on any atom is -0.385 e. The molecule has 3 heteroatoms. The van der Waals surface area contributed by atoms with Crippen LogP contribution in [0.5, 0.6) is 0 Å². The lowest BCUT2D eigenvalue weighted by molar-refractivity contribution is 0.146. The Labute approximate surface area is 101 Å². The van der Waals surface area contributed by atoms with Crippen LogP contribution in [0.15, 0.2) is 0 Å². The quantitative estimate of drug-likeness (QED) is 0.672. The summed E-state index contributed by atoms with van der Waals surface area (Å²) in [5, 5.41) is 3.42. The Bertz CT molecular complexity index is 175. The largest absolute Gasteiger partial charge is 0.385 e. The molecule has 2 unspecified atom stereocenters. The van der Waals surface area contributed by atoms with Crippen molar-refractivity contribution in [1.29, 1.82) is 0 Å². The molecule has 0 aromatic rings. The number of hydrogen-bond acceptors (Lipinski definition) is 3. The van der Waals surface area contributed by atoms with Gasteiger partial charge < -0.3 is 15.0 Å². The minimum absolute atomic E-state index is 0.727. The highest BCUT2D eigenvalue weighted by molar-refractivity contribution is 4.81. The van der Waals surface area contributed by atoms with Crippen molar-refractivity contribution < 1.29 is 4.74 Å². The predicted molar refractivity (Wildman–Crippen MR) is 68.8 cm³/mol. The highest BCUT2D eigenvalue weighted by Gasteiger charge is 2.23. The molecule has 1 heterocycles. The molecular weight excluding hydrogens is 200 g/mol. The van der Waals surface area contributed by atoms with Gasteiger partial charge in [0, 0.05) is 26.3 Å². The highest BCUT2D eigenvalue weighted by atomic mass is 16.5. The molecule has 1 aliphatic heterocycles. The molecule has 0 aliphatic carbocycles. The minimum atomic E-state index is 0.727. The van der Waals surface area contributed by atoms with Crippen LogP contribution < -0.4 is 5.32 Å². The van der Waals surface area contributed by atoms with Gasteiger partial charge in [-0.1, -0.05) is 6.92 Å². The van der Waals surface area contributed by atoms with Gasteiger partial charge in [0.1, 0.15) is 0 Å². The van der Waals surface area contributed by atoms with Crippen LogP contribution in [0.2, 0.25) is 0 Å². The van der Waals surface area contributed by atoms with Crippen LogP contribution in [0.3, 0.4) is 0 Å². The van der Waals surface area contributed by atoms with E-state index in [0.29, 0.717) is 0 Å². The topological polar surface area (TPSA) is 24.5 Å². The van der Waals surface area contributed by atoms with E-state index in [-0.39, 0.29) is 0 Å². The van der Waals surface area contributed by atoms with Gasteiger partial charge in [-0.25, -0.2) is 0 Å². The molecular formula is C13H28N2O. The Morgan fingerprint density at radius 3 is 2.75 bits per heavy atom. The third kappa shape index (κ3) is 4.81. The van der Waals surface area contributed by atoms with E-state index in [2.05, 4.69) is 24.2 Å². The van der Waals surface area contributed by atoms with Crippen LogP contribution in [-0.2, 0) is 4.74 Å². The Hall–Kier alpha value is -0.120. The van der Waals surface area contributed by atoms with Crippen LogP contribution in [0.25, 0.3) is 0 Å². The summed E-state index contributed by atoms with van der Waals surface area (Å²) in [6.45, 7) is 7.07. The lowest BCUT2D eigenvalue weighted by atomic mass is 9.94. The summed E-state index contributed by atoms with van der Waals surface area (Å²) in [4.78, 5) is 2.62. The molecule has 96 valence electrons. The van der Waals surface area contributed by atoms with Crippen LogP contribution in [0.4, 0.5) is 0 Å². The maximum Gasteiger partial charge on any atom is 0.0462 e. The van der Waals surface area contributed by atoms with E-state index in [1.54, 1.807) is 7.11 Å². The number of ether oxygens (including phenoxy) is 1. The van der Waals surface area contributed by atoms with Crippen LogP contribution in [-0.4, -0.2) is 51.3 Å². The molecule has 0 aromatic heterocycles. The SMILES string of the molecule is CNC1CCN(CCCCCOC)CC1C. The molecule has 3 nitrogen and oxygen atoms in total. The zero-order chi connectivity index (χ0) is 11.8. The van der Waals surface area contributed by atoms with Gasteiger partial charge >= 0.3 is 0 Å². The summed E-state index contributed by atoms with van der Waals surface area (Å²) in [5.74, 6) is 0.790. The second kappa shape index (κ2) is 8.04. The Balaban J connectivity index is 2.06. The number of likely N-dealkylation sites (tertiary alicyclic amines) is 1. The van der Waals surface area contributed by atoms with Crippen molar-refractivity contribution in [3.63, 3.8) is 0 Å². The summed E-state index contributed by atoms with van der Waals surface area (Å²) < 4.78 is 5.06. The molecule has 1 fully saturated rings. The van der Waals surface area contributed by atoms with E-state index in [4.69, 9.17) is 4.74 Å². The molecule has 0 radical (unpaired) electrons. The fraction of sp³-hybridized carbons (Fsp3) is 1.00. The molecule has 1 aliphatic rings. The van der Waals surface area contributed by atoms with Gasteiger partial charge in [0.05, 0.1) is 0 Å². The molecule has 0 amide bonds. The van der Waals surface area contributed by atoms with Crippen molar-refractivity contribution in [3.05, 3.63) is 0 Å². The van der Waals surface area contributed by atoms with E-state index < -0.39 is 0 Å². The first-order chi connectivity index (χ1) is 7.77. The van der Waals surface area contributed by atoms with Crippen molar-refractivity contribution in [1.82, 2.24) is 10.2 Å². The molecule has 2 atom stereocenters. The number of methoxy groups -OCH3 is 1. The van der Waals surface area contributed by atoms with Gasteiger partial charge in [0.2, 0.25) is 0 Å². The first kappa shape index (κ1) is 13.9. The van der Waals surface area contributed by atoms with Crippen molar-refractivity contribution >= 4 is 0 Å². The van der Waals surface area contributed by atoms with Crippen LogP contribution in [0.1, 0.15) is 32.6 Å². The van der Waals surface area contributed by atoms with E-state index in [0.717, 1.165) is 18.6 Å². The zero-order valence-electron chi connectivity index (χ0n) is 11.2. The molecule has 0 aromatic carbocycles. The van der Waals surface area contributed by atoms with E-state index in [1.165, 1.54) is 45.3 Å². The third-order valence-corrected chi connectivity index (χ3v) is 3.68. The lowest BCUT2D eigenvalue weighted by Crippen LogP contribution is -2.47. The standard InChI is InChI=1S/C13H28N2O/c1-12-11-15(9-7-13(12)14-2)8-5-4-6-10-16-3/h12-14H,4-11H2,1-3H3. The first-order valence-electron chi connectivity index (χ1n) is 6.66. The van der Waals surface area contributed by atoms with E-state index in [9.17, 15) is 0 Å². The van der Waals surface area contributed by atoms with Crippen molar-refractivity contribution in [2.45, 2.75) is 38.6 Å². The monoisotopic (exact) mass is 228 g/mol. The number of nitrogens with zero attached hydrogens (tertiary/aromatic N) is 1. The molecule has 1 rings (SSSR count). The molecule has 0 bridgehead atoms. The van der Waals surface area contributed by atoms with E-state index in [1.807, 2.05) is 0 Å². The first-order valence-corrected chi connectivity index (χ1v) is 6.66. The highest BCUT2D eigenvalue weighted by Crippen LogP contribution is 2.16. The number of nitrogens with one attached hydrogen (secondary N) is 1. The average Bonchev–Trinajstić information content (AvgIpc) is 2.29. The number of unbranched alkanes of at least 4 members (excludes halogenated alkanes) is 2. The van der Waals surface area contributed by atoms with Crippen molar-refractivity contribution in [3.8, 4) is 0 Å². The number of piperidine rings is 1. The summed E-state index contributed by atoms with van der Waals surface area (Å²) in [5.41, 5.74) is 0. The maximum atomic E-state index is 5.06. The Kier molecular flexibility index (Phi) is 7.01. The number of hydrogen-bond donors (Lipinski definition) is 1. The van der Waals surface area contributed by atoms with Crippen molar-refractivity contribution in [2.75, 3.05) is 40.4 Å². The van der Waals surface area contributed by atoms with Gasteiger partial charge in [0.15, 0.2) is 0 Å². The molecule has 1 saturated heterocycles. The molecule has 0 saturated carbocycles. The summed E-state index contributed by atoms with van der Waals surface area (Å²) in [7, 11) is 3.87. The Morgan fingerprint density at radius 1 is 1.31 bits per heavy atom. The molecule has 1 N–H and O–H groups in total. The lowest BCUT2D eigenvalue weighted by Gasteiger charge is -2.36. The smallest absolute Gasteiger partial charge is 0.0462 e. The summed E-state index contributed by atoms with van der Waals surface area (Å²) in [6.07, 6.45) is 5.13. The fourth-order valence-electron chi connectivity index (χ4n) is 2.62. The van der Waals surface area contributed by atoms with Crippen molar-refractivity contribution in [2.24, 2.45) is 5.92 Å².